The van der Waals surface area contributed by atoms with Crippen molar-refractivity contribution >= 4 is 21.3 Å². The predicted octanol–water partition coefficient (Wildman–Crippen LogP) is -2.32. The molecule has 0 spiro atoms. The first-order valence-corrected chi connectivity index (χ1v) is 8.84. The van der Waals surface area contributed by atoms with Crippen molar-refractivity contribution in [2.75, 3.05) is 26.8 Å². The number of methoxy groups -OCH3 is 1. The van der Waals surface area contributed by atoms with Gasteiger partial charge in [-0.2, -0.15) is 0 Å². The van der Waals surface area contributed by atoms with Gasteiger partial charge in [0, 0.05) is 26.6 Å². The van der Waals surface area contributed by atoms with Gasteiger partial charge >= 0.3 is 7.60 Å². The van der Waals surface area contributed by atoms with Gasteiger partial charge in [-0.15, -0.1) is 0 Å². The third kappa shape index (κ3) is 6.11. The van der Waals surface area contributed by atoms with Crippen molar-refractivity contribution < 1.29 is 37.7 Å². The second-order valence-corrected chi connectivity index (χ2v) is 6.99. The Morgan fingerprint density at radius 1 is 1.52 bits per heavy atom. The number of alkyl halides is 1. The van der Waals surface area contributed by atoms with E-state index in [0.717, 1.165) is 0 Å². The lowest BCUT2D eigenvalue weighted by Gasteiger charge is -2.23. The van der Waals surface area contributed by atoms with Crippen molar-refractivity contribution in [3.05, 3.63) is 0 Å². The molecule has 1 rings (SSSR count). The van der Waals surface area contributed by atoms with E-state index < -0.39 is 44.2 Å². The molecular weight excluding hydrogens is 333 g/mol. The van der Waals surface area contributed by atoms with Gasteiger partial charge in [0.1, 0.15) is 26.7 Å². The van der Waals surface area contributed by atoms with Crippen LogP contribution in [-0.2, 0) is 23.6 Å². The smallest absolute Gasteiger partial charge is 0.359 e. The van der Waals surface area contributed by atoms with Crippen molar-refractivity contribution in [2.45, 2.75) is 36.6 Å². The SMILES string of the molecule is B[C@@H]1O[C@H](CC(F)P(=O)(O)O)[C@@H](OC)[C@H]1OCC(=O)NCCN. The van der Waals surface area contributed by atoms with Gasteiger partial charge in [-0.1, -0.05) is 0 Å². The van der Waals surface area contributed by atoms with E-state index in [-0.39, 0.29) is 12.5 Å². The normalized spacial score (nSPS) is 29.4. The summed E-state index contributed by atoms with van der Waals surface area (Å²) in [4.78, 5) is 29.2. The van der Waals surface area contributed by atoms with Gasteiger partial charge < -0.3 is 35.0 Å². The van der Waals surface area contributed by atoms with Gasteiger partial charge in [-0.25, -0.2) is 4.39 Å². The van der Waals surface area contributed by atoms with E-state index in [1.54, 1.807) is 7.85 Å². The lowest BCUT2D eigenvalue weighted by Crippen LogP contribution is -2.41. The highest BCUT2D eigenvalue weighted by molar-refractivity contribution is 7.52. The molecule has 9 nitrogen and oxygen atoms in total. The third-order valence-electron chi connectivity index (χ3n) is 3.48. The fourth-order valence-electron chi connectivity index (χ4n) is 2.38. The summed E-state index contributed by atoms with van der Waals surface area (Å²) >= 11 is 0. The second kappa shape index (κ2) is 9.07. The molecular formula is C11H23BFN2O7P. The molecule has 0 bridgehead atoms. The zero-order chi connectivity index (χ0) is 17.6. The van der Waals surface area contributed by atoms with Crippen LogP contribution in [0, 0.1) is 0 Å². The summed E-state index contributed by atoms with van der Waals surface area (Å²) in [7, 11) is -1.84. The van der Waals surface area contributed by atoms with E-state index in [1.807, 2.05) is 0 Å². The number of carbonyl (C=O) groups excluding carboxylic acids is 1. The summed E-state index contributed by atoms with van der Waals surface area (Å²) in [6.07, 6.45) is -2.80. The Kier molecular flexibility index (Phi) is 8.09. The second-order valence-electron chi connectivity index (χ2n) is 5.25. The van der Waals surface area contributed by atoms with Crippen LogP contribution in [0.15, 0.2) is 0 Å². The Balaban J connectivity index is 2.60. The first kappa shape index (κ1) is 20.5. The molecule has 1 fully saturated rings. The minimum Gasteiger partial charge on any atom is -0.378 e. The molecule has 0 saturated carbocycles. The largest absolute Gasteiger partial charge is 0.378 e. The minimum absolute atomic E-state index is 0.248. The van der Waals surface area contributed by atoms with Gasteiger partial charge in [0.2, 0.25) is 11.8 Å². The van der Waals surface area contributed by atoms with Gasteiger partial charge in [0.05, 0.1) is 12.1 Å². The highest BCUT2D eigenvalue weighted by atomic mass is 31.2. The van der Waals surface area contributed by atoms with Crippen LogP contribution in [0.1, 0.15) is 6.42 Å². The minimum atomic E-state index is -4.85. The molecule has 23 heavy (non-hydrogen) atoms. The number of halogens is 1. The number of hydrogen-bond donors (Lipinski definition) is 4. The number of nitrogens with one attached hydrogen (secondary N) is 1. The van der Waals surface area contributed by atoms with E-state index >= 15 is 0 Å². The van der Waals surface area contributed by atoms with Crippen LogP contribution in [0.4, 0.5) is 4.39 Å². The molecule has 0 aromatic rings. The van der Waals surface area contributed by atoms with Crippen molar-refractivity contribution in [2.24, 2.45) is 5.73 Å². The Labute approximate surface area is 134 Å². The molecule has 1 heterocycles. The topological polar surface area (TPSA) is 140 Å². The molecule has 0 aromatic heterocycles. The average Bonchev–Trinajstić information content (AvgIpc) is 2.76. The fourth-order valence-corrected chi connectivity index (χ4v) is 2.86. The summed E-state index contributed by atoms with van der Waals surface area (Å²) in [5.41, 5.74) is 5.27. The highest BCUT2D eigenvalue weighted by Crippen LogP contribution is 2.45. The van der Waals surface area contributed by atoms with E-state index in [9.17, 15) is 13.8 Å². The van der Waals surface area contributed by atoms with Crippen LogP contribution < -0.4 is 11.1 Å². The van der Waals surface area contributed by atoms with Gasteiger partial charge in [0.15, 0.2) is 0 Å². The maximum absolute atomic E-state index is 13.6. The molecule has 5 N–H and O–H groups in total. The lowest BCUT2D eigenvalue weighted by atomic mass is 9.92. The Morgan fingerprint density at radius 2 is 2.17 bits per heavy atom. The summed E-state index contributed by atoms with van der Waals surface area (Å²) in [6.45, 7) is 0.376. The molecule has 0 radical (unpaired) electrons. The summed E-state index contributed by atoms with van der Waals surface area (Å²) in [5, 5.41) is 2.53. The summed E-state index contributed by atoms with van der Waals surface area (Å²) in [5.74, 6) is -2.71. The molecule has 0 aliphatic carbocycles. The fraction of sp³-hybridized carbons (Fsp3) is 0.909. The van der Waals surface area contributed by atoms with Crippen molar-refractivity contribution in [1.82, 2.24) is 5.32 Å². The zero-order valence-corrected chi connectivity index (χ0v) is 13.9. The molecule has 1 saturated heterocycles. The Hall–Kier alpha value is -0.545. The summed E-state index contributed by atoms with van der Waals surface area (Å²) in [6, 6.07) is -0.517. The highest BCUT2D eigenvalue weighted by Gasteiger charge is 2.46. The number of carbonyl (C=O) groups is 1. The number of amides is 1. The molecule has 1 amide bonds. The molecule has 1 aliphatic heterocycles. The number of hydrogen-bond acceptors (Lipinski definition) is 6. The predicted molar refractivity (Wildman–Crippen MR) is 81.4 cm³/mol. The van der Waals surface area contributed by atoms with Crippen LogP contribution in [-0.4, -0.2) is 80.6 Å². The van der Waals surface area contributed by atoms with Crippen LogP contribution >= 0.6 is 7.60 Å². The Bertz CT molecular complexity index is 441. The number of rotatable bonds is 9. The van der Waals surface area contributed by atoms with Gasteiger partial charge in [-0.05, 0) is 0 Å². The number of nitrogens with two attached hydrogens (primary N) is 1. The maximum Gasteiger partial charge on any atom is 0.359 e. The van der Waals surface area contributed by atoms with E-state index in [4.69, 9.17) is 29.7 Å². The first-order chi connectivity index (χ1) is 10.7. The quantitative estimate of drug-likeness (QED) is 0.267. The molecule has 5 atom stereocenters. The average molecular weight is 356 g/mol. The lowest BCUT2D eigenvalue weighted by molar-refractivity contribution is -0.130. The van der Waals surface area contributed by atoms with Crippen molar-refractivity contribution in [3.8, 4) is 0 Å². The monoisotopic (exact) mass is 356 g/mol. The molecule has 0 aromatic carbocycles. The zero-order valence-electron chi connectivity index (χ0n) is 13.1. The first-order valence-electron chi connectivity index (χ1n) is 7.16. The standard InChI is InChI=1S/C11H23BFN2O7P/c1-20-9-6(4-7(13)23(17,18)19)22-11(12)10(9)21-5-8(16)15-3-2-14/h6-7,9-11H,2-5,12,14H2,1H3,(H,15,16)(H2,17,18,19)/t6-,7?,9-,10-,11-/m1/s1. The van der Waals surface area contributed by atoms with Gasteiger partial charge in [-0.3, -0.25) is 9.36 Å². The van der Waals surface area contributed by atoms with E-state index in [0.29, 0.717) is 13.1 Å². The molecule has 134 valence electrons. The van der Waals surface area contributed by atoms with Crippen molar-refractivity contribution in [3.63, 3.8) is 0 Å². The van der Waals surface area contributed by atoms with E-state index in [2.05, 4.69) is 5.32 Å². The van der Waals surface area contributed by atoms with Crippen molar-refractivity contribution in [1.29, 1.82) is 0 Å². The van der Waals surface area contributed by atoms with E-state index in [1.165, 1.54) is 7.11 Å². The Morgan fingerprint density at radius 3 is 2.70 bits per heavy atom. The number of ether oxygens (including phenoxy) is 3. The molecule has 12 heteroatoms. The van der Waals surface area contributed by atoms with Gasteiger partial charge in [0.25, 0.3) is 0 Å². The van der Waals surface area contributed by atoms with Crippen LogP contribution in [0.2, 0.25) is 0 Å². The van der Waals surface area contributed by atoms with Crippen LogP contribution in [0.3, 0.4) is 0 Å². The van der Waals surface area contributed by atoms with Crippen LogP contribution in [0.5, 0.6) is 0 Å². The maximum atomic E-state index is 13.6. The molecule has 1 aliphatic rings. The van der Waals surface area contributed by atoms with Crippen LogP contribution in [0.25, 0.3) is 0 Å². The molecule has 1 unspecified atom stereocenters. The third-order valence-corrected chi connectivity index (χ3v) is 4.42. The summed E-state index contributed by atoms with van der Waals surface area (Å²) < 4.78 is 40.6.